The number of carbonyl (C=O) groups excluding carboxylic acids is 1. The number of amides is 1. The fraction of sp³-hybridized carbons (Fsp3) is 0.500. The van der Waals surface area contributed by atoms with Crippen LogP contribution in [-0.2, 0) is 14.6 Å². The summed E-state index contributed by atoms with van der Waals surface area (Å²) in [4.78, 5) is 23.1. The average Bonchev–Trinajstić information content (AvgIpc) is 2.45. The Morgan fingerprint density at radius 2 is 2.13 bits per heavy atom. The number of hydrogen-bond donors (Lipinski definition) is 1. The summed E-state index contributed by atoms with van der Waals surface area (Å²) in [7, 11) is -3.71. The van der Waals surface area contributed by atoms with E-state index in [1.54, 1.807) is 6.07 Å². The third kappa shape index (κ3) is 4.19. The van der Waals surface area contributed by atoms with Crippen LogP contribution in [0.3, 0.4) is 0 Å². The van der Waals surface area contributed by atoms with Gasteiger partial charge in [0.05, 0.1) is 4.92 Å². The average molecular weight is 341 g/mol. The van der Waals surface area contributed by atoms with Crippen molar-refractivity contribution >= 4 is 27.1 Å². The molecule has 0 saturated carbocycles. The lowest BCUT2D eigenvalue weighted by Gasteiger charge is -2.34. The summed E-state index contributed by atoms with van der Waals surface area (Å²) in [6, 6.07) is 4.08. The second-order valence-corrected chi connectivity index (χ2v) is 7.65. The van der Waals surface area contributed by atoms with Crippen LogP contribution in [0.2, 0.25) is 0 Å². The largest absolute Gasteiger partial charge is 0.369 e. The number of sulfone groups is 1. The first kappa shape index (κ1) is 17.2. The highest BCUT2D eigenvalue weighted by molar-refractivity contribution is 7.90. The van der Waals surface area contributed by atoms with Gasteiger partial charge in [-0.25, -0.2) is 8.42 Å². The molecule has 9 heteroatoms. The lowest BCUT2D eigenvalue weighted by molar-refractivity contribution is -0.387. The van der Waals surface area contributed by atoms with Gasteiger partial charge in [-0.1, -0.05) is 0 Å². The maximum absolute atomic E-state index is 11.8. The summed E-state index contributed by atoms with van der Waals surface area (Å²) >= 11 is 0. The molecule has 1 atom stereocenters. The number of hydrogen-bond acceptors (Lipinski definition) is 6. The molecule has 1 amide bonds. The Balaban J connectivity index is 2.33. The molecular weight excluding hydrogens is 322 g/mol. The van der Waals surface area contributed by atoms with E-state index in [0.29, 0.717) is 18.8 Å². The summed E-state index contributed by atoms with van der Waals surface area (Å²) in [5.41, 5.74) is 0.178. The SMILES string of the molecule is CC(=O)NC1CCCN(c2ccc([N+](=O)[O-])c(S(C)(=O)=O)c2)C1. The zero-order chi connectivity index (χ0) is 17.2. The number of piperidine rings is 1. The molecule has 1 heterocycles. The molecule has 0 bridgehead atoms. The van der Waals surface area contributed by atoms with E-state index < -0.39 is 20.4 Å². The van der Waals surface area contributed by atoms with Gasteiger partial charge in [-0.05, 0) is 25.0 Å². The number of nitro groups is 1. The minimum atomic E-state index is -3.71. The van der Waals surface area contributed by atoms with E-state index >= 15 is 0 Å². The van der Waals surface area contributed by atoms with Crippen LogP contribution in [0.15, 0.2) is 23.1 Å². The summed E-state index contributed by atoms with van der Waals surface area (Å²) in [5.74, 6) is -0.114. The molecule has 1 fully saturated rings. The first-order chi connectivity index (χ1) is 10.7. The highest BCUT2D eigenvalue weighted by Gasteiger charge is 2.26. The van der Waals surface area contributed by atoms with Crippen molar-refractivity contribution in [2.45, 2.75) is 30.7 Å². The molecule has 2 rings (SSSR count). The van der Waals surface area contributed by atoms with Gasteiger partial charge >= 0.3 is 0 Å². The van der Waals surface area contributed by atoms with Gasteiger partial charge in [0.1, 0.15) is 4.90 Å². The van der Waals surface area contributed by atoms with E-state index in [1.165, 1.54) is 19.1 Å². The molecule has 1 saturated heterocycles. The third-order valence-electron chi connectivity index (χ3n) is 3.73. The first-order valence-corrected chi connectivity index (χ1v) is 9.08. The van der Waals surface area contributed by atoms with E-state index in [9.17, 15) is 23.3 Å². The molecular formula is C14H19N3O5S. The first-order valence-electron chi connectivity index (χ1n) is 7.19. The predicted molar refractivity (Wildman–Crippen MR) is 85.3 cm³/mol. The molecule has 0 spiro atoms. The Bertz CT molecular complexity index is 732. The van der Waals surface area contributed by atoms with Gasteiger partial charge in [0.25, 0.3) is 5.69 Å². The summed E-state index contributed by atoms with van der Waals surface area (Å²) < 4.78 is 23.6. The van der Waals surface area contributed by atoms with Gasteiger partial charge in [-0.2, -0.15) is 0 Å². The van der Waals surface area contributed by atoms with Crippen molar-refractivity contribution in [3.05, 3.63) is 28.3 Å². The number of benzene rings is 1. The maximum Gasteiger partial charge on any atom is 0.288 e. The van der Waals surface area contributed by atoms with E-state index in [-0.39, 0.29) is 16.8 Å². The molecule has 1 aromatic rings. The van der Waals surface area contributed by atoms with Crippen LogP contribution in [0, 0.1) is 10.1 Å². The van der Waals surface area contributed by atoms with Crippen LogP contribution >= 0.6 is 0 Å². The number of carbonyl (C=O) groups is 1. The lowest BCUT2D eigenvalue weighted by atomic mass is 10.0. The highest BCUT2D eigenvalue weighted by Crippen LogP contribution is 2.30. The number of nitrogens with zero attached hydrogens (tertiary/aromatic N) is 2. The quantitative estimate of drug-likeness (QED) is 0.649. The molecule has 23 heavy (non-hydrogen) atoms. The van der Waals surface area contributed by atoms with Gasteiger partial charge in [0.2, 0.25) is 5.91 Å². The number of nitrogens with one attached hydrogen (secondary N) is 1. The Kier molecular flexibility index (Phi) is 4.88. The standard InChI is InChI=1S/C14H19N3O5S/c1-10(18)15-11-4-3-7-16(9-11)12-5-6-13(17(19)20)14(8-12)23(2,21)22/h5-6,8,11H,3-4,7,9H2,1-2H3,(H,15,18). The Morgan fingerprint density at radius 3 is 2.70 bits per heavy atom. The van der Waals surface area contributed by atoms with Crippen LogP contribution < -0.4 is 10.2 Å². The summed E-state index contributed by atoms with van der Waals surface area (Å²) in [6.45, 7) is 2.70. The Hall–Kier alpha value is -2.16. The minimum absolute atomic E-state index is 0.0156. The Labute approximate surface area is 134 Å². The zero-order valence-corrected chi connectivity index (χ0v) is 13.8. The number of nitro benzene ring substituents is 1. The van der Waals surface area contributed by atoms with E-state index in [1.807, 2.05) is 4.90 Å². The van der Waals surface area contributed by atoms with Crippen LogP contribution in [0.25, 0.3) is 0 Å². The second-order valence-electron chi connectivity index (χ2n) is 5.67. The molecule has 0 aliphatic carbocycles. The molecule has 8 nitrogen and oxygen atoms in total. The fourth-order valence-corrected chi connectivity index (χ4v) is 3.62. The van der Waals surface area contributed by atoms with E-state index in [0.717, 1.165) is 19.1 Å². The molecule has 1 unspecified atom stereocenters. The summed E-state index contributed by atoms with van der Waals surface area (Å²) in [6.07, 6.45) is 2.65. The molecule has 1 aliphatic rings. The second kappa shape index (κ2) is 6.53. The molecule has 1 aliphatic heterocycles. The summed E-state index contributed by atoms with van der Waals surface area (Å²) in [5, 5.41) is 13.9. The van der Waals surface area contributed by atoms with Gasteiger partial charge < -0.3 is 10.2 Å². The molecule has 0 radical (unpaired) electrons. The zero-order valence-electron chi connectivity index (χ0n) is 13.0. The molecule has 1 N–H and O–H groups in total. The fourth-order valence-electron chi connectivity index (χ4n) is 2.76. The Morgan fingerprint density at radius 1 is 1.43 bits per heavy atom. The predicted octanol–water partition coefficient (Wildman–Crippen LogP) is 1.10. The van der Waals surface area contributed by atoms with Crippen LogP contribution in [0.1, 0.15) is 19.8 Å². The van der Waals surface area contributed by atoms with Crippen LogP contribution in [0.4, 0.5) is 11.4 Å². The topological polar surface area (TPSA) is 110 Å². The van der Waals surface area contributed by atoms with Gasteiger partial charge in [0, 0.05) is 44.1 Å². The number of anilines is 1. The molecule has 1 aromatic carbocycles. The highest BCUT2D eigenvalue weighted by atomic mass is 32.2. The van der Waals surface area contributed by atoms with Crippen molar-refractivity contribution in [1.82, 2.24) is 5.32 Å². The minimum Gasteiger partial charge on any atom is -0.369 e. The molecule has 126 valence electrons. The van der Waals surface area contributed by atoms with Crippen molar-refractivity contribution in [2.24, 2.45) is 0 Å². The van der Waals surface area contributed by atoms with Crippen molar-refractivity contribution in [2.75, 3.05) is 24.2 Å². The van der Waals surface area contributed by atoms with Crippen molar-refractivity contribution in [3.8, 4) is 0 Å². The monoisotopic (exact) mass is 341 g/mol. The number of rotatable bonds is 4. The van der Waals surface area contributed by atoms with Crippen molar-refractivity contribution < 1.29 is 18.1 Å². The van der Waals surface area contributed by atoms with Crippen LogP contribution in [0.5, 0.6) is 0 Å². The molecule has 0 aromatic heterocycles. The van der Waals surface area contributed by atoms with E-state index in [2.05, 4.69) is 5.32 Å². The lowest BCUT2D eigenvalue weighted by Crippen LogP contribution is -2.47. The van der Waals surface area contributed by atoms with Gasteiger partial charge in [0.15, 0.2) is 9.84 Å². The van der Waals surface area contributed by atoms with Gasteiger partial charge in [-0.3, -0.25) is 14.9 Å². The van der Waals surface area contributed by atoms with Crippen molar-refractivity contribution in [1.29, 1.82) is 0 Å². The normalized spacial score (nSPS) is 18.5. The van der Waals surface area contributed by atoms with Crippen LogP contribution in [-0.4, -0.2) is 44.6 Å². The van der Waals surface area contributed by atoms with Crippen molar-refractivity contribution in [3.63, 3.8) is 0 Å². The smallest absolute Gasteiger partial charge is 0.288 e. The third-order valence-corrected chi connectivity index (χ3v) is 4.86. The maximum atomic E-state index is 11.8. The van der Waals surface area contributed by atoms with Gasteiger partial charge in [-0.15, -0.1) is 0 Å². The van der Waals surface area contributed by atoms with E-state index in [4.69, 9.17) is 0 Å².